The van der Waals surface area contributed by atoms with Gasteiger partial charge < -0.3 is 0 Å². The van der Waals surface area contributed by atoms with Crippen molar-refractivity contribution in [3.05, 3.63) is 39.9 Å². The quantitative estimate of drug-likeness (QED) is 0.919. The van der Waals surface area contributed by atoms with Crippen molar-refractivity contribution in [1.29, 1.82) is 0 Å². The topological polar surface area (TPSA) is 46.2 Å². The summed E-state index contributed by atoms with van der Waals surface area (Å²) in [7, 11) is -3.33. The van der Waals surface area contributed by atoms with Crippen molar-refractivity contribution >= 4 is 32.7 Å². The van der Waals surface area contributed by atoms with Crippen LogP contribution in [0, 0.1) is 0 Å². The molecule has 0 amide bonds. The molecule has 2 heterocycles. The normalized spacial score (nSPS) is 13.7. The lowest BCUT2D eigenvalue weighted by Gasteiger charge is -2.10. The van der Waals surface area contributed by atoms with Crippen LogP contribution in [0.25, 0.3) is 0 Å². The molecule has 2 rings (SSSR count). The molecule has 0 bridgehead atoms. The first-order valence-electron chi connectivity index (χ1n) is 5.15. The van der Waals surface area contributed by atoms with Crippen molar-refractivity contribution in [3.63, 3.8) is 0 Å². The highest BCUT2D eigenvalue weighted by Crippen LogP contribution is 2.19. The molecule has 2 aromatic rings. The molecule has 0 aliphatic carbocycles. The van der Waals surface area contributed by atoms with Gasteiger partial charge in [0.05, 0.1) is 0 Å². The predicted molar refractivity (Wildman–Crippen MR) is 72.2 cm³/mol. The molecule has 92 valence electrons. The summed E-state index contributed by atoms with van der Waals surface area (Å²) in [6.07, 6.45) is 0. The fraction of sp³-hybridized carbons (Fsp3) is 0.273. The molecule has 3 nitrogen and oxygen atoms in total. The fourth-order valence-electron chi connectivity index (χ4n) is 1.40. The summed E-state index contributed by atoms with van der Waals surface area (Å²) in [6.45, 7) is 2.44. The fourth-order valence-corrected chi connectivity index (χ4v) is 4.35. The third kappa shape index (κ3) is 3.16. The molecule has 0 radical (unpaired) electrons. The van der Waals surface area contributed by atoms with Crippen LogP contribution in [-0.4, -0.2) is 15.0 Å². The molecular formula is C11H13NO2S3. The van der Waals surface area contributed by atoms with Gasteiger partial charge in [0, 0.05) is 6.54 Å². The lowest BCUT2D eigenvalue weighted by molar-refractivity contribution is 0.577. The average Bonchev–Trinajstić information content (AvgIpc) is 2.97. The molecule has 0 spiro atoms. The summed E-state index contributed by atoms with van der Waals surface area (Å²) < 4.78 is 26.7. The molecular weight excluding hydrogens is 274 g/mol. The van der Waals surface area contributed by atoms with Gasteiger partial charge in [0.15, 0.2) is 0 Å². The molecule has 0 aliphatic rings. The molecule has 6 heteroatoms. The number of thiophene rings is 2. The van der Waals surface area contributed by atoms with Gasteiger partial charge in [-0.15, -0.1) is 11.3 Å². The Morgan fingerprint density at radius 2 is 2.18 bits per heavy atom. The van der Waals surface area contributed by atoms with Gasteiger partial charge in [-0.2, -0.15) is 11.3 Å². The molecule has 2 aromatic heterocycles. The largest absolute Gasteiger partial charge is 0.250 e. The van der Waals surface area contributed by atoms with E-state index in [-0.39, 0.29) is 5.92 Å². The van der Waals surface area contributed by atoms with Gasteiger partial charge in [-0.05, 0) is 39.8 Å². The molecule has 0 aliphatic heterocycles. The monoisotopic (exact) mass is 287 g/mol. The minimum Gasteiger partial charge on any atom is -0.210 e. The van der Waals surface area contributed by atoms with Crippen LogP contribution < -0.4 is 4.72 Å². The Labute approximate surface area is 109 Å². The van der Waals surface area contributed by atoms with Gasteiger partial charge in [-0.1, -0.05) is 13.0 Å². The summed E-state index contributed by atoms with van der Waals surface area (Å²) in [4.78, 5) is 0. The Balaban J connectivity index is 1.99. The first-order chi connectivity index (χ1) is 8.09. The minimum absolute atomic E-state index is 0.191. The smallest absolute Gasteiger partial charge is 0.210 e. The summed E-state index contributed by atoms with van der Waals surface area (Å²) in [5, 5.41) is 5.81. The van der Waals surface area contributed by atoms with E-state index in [0.717, 1.165) is 0 Å². The highest BCUT2D eigenvalue weighted by molar-refractivity contribution is 7.91. The van der Waals surface area contributed by atoms with E-state index >= 15 is 0 Å². The van der Waals surface area contributed by atoms with E-state index in [4.69, 9.17) is 0 Å². The SMILES string of the molecule is CC(CNS(=O)(=O)c1cccs1)c1ccsc1. The number of sulfonamides is 1. The van der Waals surface area contributed by atoms with E-state index in [0.29, 0.717) is 10.8 Å². The van der Waals surface area contributed by atoms with Gasteiger partial charge in [0.1, 0.15) is 4.21 Å². The van der Waals surface area contributed by atoms with Crippen LogP contribution in [0.1, 0.15) is 18.4 Å². The van der Waals surface area contributed by atoms with Gasteiger partial charge in [-0.25, -0.2) is 13.1 Å². The van der Waals surface area contributed by atoms with Gasteiger partial charge >= 0.3 is 0 Å². The number of nitrogens with one attached hydrogen (secondary N) is 1. The summed E-state index contributed by atoms with van der Waals surface area (Å²) in [6, 6.07) is 5.37. The van der Waals surface area contributed by atoms with Crippen LogP contribution in [0.2, 0.25) is 0 Å². The zero-order chi connectivity index (χ0) is 12.3. The first kappa shape index (κ1) is 12.8. The summed E-state index contributed by atoms with van der Waals surface area (Å²) in [5.74, 6) is 0.191. The molecule has 0 fully saturated rings. The van der Waals surface area contributed by atoms with Crippen molar-refractivity contribution < 1.29 is 8.42 Å². The van der Waals surface area contributed by atoms with Crippen molar-refractivity contribution in [2.24, 2.45) is 0 Å². The van der Waals surface area contributed by atoms with Crippen LogP contribution in [0.3, 0.4) is 0 Å². The summed E-state index contributed by atoms with van der Waals surface area (Å²) >= 11 is 2.85. The van der Waals surface area contributed by atoms with Crippen LogP contribution in [0.4, 0.5) is 0 Å². The molecule has 1 atom stereocenters. The predicted octanol–water partition coefficient (Wildman–Crippen LogP) is 2.89. The van der Waals surface area contributed by atoms with E-state index in [1.54, 1.807) is 28.8 Å². The van der Waals surface area contributed by atoms with E-state index < -0.39 is 10.0 Å². The number of rotatable bonds is 5. The second-order valence-electron chi connectivity index (χ2n) is 3.74. The average molecular weight is 287 g/mol. The van der Waals surface area contributed by atoms with E-state index in [1.807, 2.05) is 23.8 Å². The third-order valence-electron chi connectivity index (χ3n) is 2.45. The third-order valence-corrected chi connectivity index (χ3v) is 5.97. The highest BCUT2D eigenvalue weighted by atomic mass is 32.2. The Morgan fingerprint density at radius 1 is 1.35 bits per heavy atom. The lowest BCUT2D eigenvalue weighted by atomic mass is 10.1. The molecule has 0 saturated carbocycles. The summed E-state index contributed by atoms with van der Waals surface area (Å²) in [5.41, 5.74) is 1.17. The van der Waals surface area contributed by atoms with Crippen molar-refractivity contribution in [2.45, 2.75) is 17.1 Å². The van der Waals surface area contributed by atoms with Crippen LogP contribution in [0.5, 0.6) is 0 Å². The van der Waals surface area contributed by atoms with Crippen LogP contribution in [0.15, 0.2) is 38.5 Å². The zero-order valence-electron chi connectivity index (χ0n) is 9.29. The Hall–Kier alpha value is -0.690. The second kappa shape index (κ2) is 5.30. The van der Waals surface area contributed by atoms with Crippen LogP contribution in [-0.2, 0) is 10.0 Å². The standard InChI is InChI=1S/C11H13NO2S3/c1-9(10-4-6-15-8-10)7-12-17(13,14)11-3-2-5-16-11/h2-6,8-9,12H,7H2,1H3. The van der Waals surface area contributed by atoms with Crippen molar-refractivity contribution in [3.8, 4) is 0 Å². The first-order valence-corrected chi connectivity index (χ1v) is 8.45. The molecule has 17 heavy (non-hydrogen) atoms. The Morgan fingerprint density at radius 3 is 2.76 bits per heavy atom. The van der Waals surface area contributed by atoms with Gasteiger partial charge in [0.25, 0.3) is 0 Å². The molecule has 0 saturated heterocycles. The molecule has 1 unspecified atom stereocenters. The lowest BCUT2D eigenvalue weighted by Crippen LogP contribution is -2.26. The Bertz CT molecular complexity index is 544. The number of hydrogen-bond acceptors (Lipinski definition) is 4. The van der Waals surface area contributed by atoms with E-state index in [9.17, 15) is 8.42 Å². The Kier molecular flexibility index (Phi) is 3.98. The van der Waals surface area contributed by atoms with E-state index in [2.05, 4.69) is 4.72 Å². The highest BCUT2D eigenvalue weighted by Gasteiger charge is 2.16. The van der Waals surface area contributed by atoms with E-state index in [1.165, 1.54) is 16.9 Å². The number of hydrogen-bond donors (Lipinski definition) is 1. The minimum atomic E-state index is -3.33. The molecule has 1 N–H and O–H groups in total. The maximum atomic E-state index is 11.9. The zero-order valence-corrected chi connectivity index (χ0v) is 11.7. The van der Waals surface area contributed by atoms with Crippen molar-refractivity contribution in [1.82, 2.24) is 4.72 Å². The van der Waals surface area contributed by atoms with Gasteiger partial charge in [0.2, 0.25) is 10.0 Å². The molecule has 0 aromatic carbocycles. The van der Waals surface area contributed by atoms with Gasteiger partial charge in [-0.3, -0.25) is 0 Å². The second-order valence-corrected chi connectivity index (χ2v) is 7.46. The maximum Gasteiger partial charge on any atom is 0.250 e. The maximum absolute atomic E-state index is 11.9. The van der Waals surface area contributed by atoms with Crippen LogP contribution >= 0.6 is 22.7 Å². The van der Waals surface area contributed by atoms with Crippen molar-refractivity contribution in [2.75, 3.05) is 6.54 Å².